The Morgan fingerprint density at radius 1 is 1.24 bits per heavy atom. The van der Waals surface area contributed by atoms with E-state index < -0.39 is 17.4 Å². The number of aliphatic hydroxyl groups excluding tert-OH is 1. The predicted molar refractivity (Wildman–Crippen MR) is 60.6 cm³/mol. The van der Waals surface area contributed by atoms with Crippen LogP contribution in [0, 0.1) is 11.6 Å². The van der Waals surface area contributed by atoms with Crippen LogP contribution in [0.15, 0.2) is 12.1 Å². The summed E-state index contributed by atoms with van der Waals surface area (Å²) in [5, 5.41) is 20.8. The van der Waals surface area contributed by atoms with Gasteiger partial charge in [0.15, 0.2) is 17.4 Å². The second kappa shape index (κ2) is 5.42. The highest BCUT2D eigenvalue weighted by molar-refractivity contribution is 5.30. The first-order chi connectivity index (χ1) is 7.85. The molecular weight excluding hydrogens is 228 g/mol. The van der Waals surface area contributed by atoms with E-state index in [9.17, 15) is 8.78 Å². The van der Waals surface area contributed by atoms with E-state index in [2.05, 4.69) is 5.32 Å². The van der Waals surface area contributed by atoms with E-state index in [0.29, 0.717) is 12.0 Å². The number of halogens is 2. The zero-order valence-corrected chi connectivity index (χ0v) is 9.93. The van der Waals surface area contributed by atoms with E-state index in [1.165, 1.54) is 0 Å². The van der Waals surface area contributed by atoms with Gasteiger partial charge in [-0.25, -0.2) is 8.78 Å². The fourth-order valence-electron chi connectivity index (χ4n) is 1.43. The summed E-state index contributed by atoms with van der Waals surface area (Å²) in [6.07, 6.45) is 0.538. The fraction of sp³-hybridized carbons (Fsp3) is 0.500. The molecule has 0 fully saturated rings. The minimum Gasteiger partial charge on any atom is -0.503 e. The highest BCUT2D eigenvalue weighted by Crippen LogP contribution is 2.21. The van der Waals surface area contributed by atoms with E-state index >= 15 is 0 Å². The molecule has 17 heavy (non-hydrogen) atoms. The first-order valence-electron chi connectivity index (χ1n) is 5.38. The molecule has 96 valence electrons. The molecule has 0 aliphatic rings. The maximum atomic E-state index is 13.1. The molecule has 0 saturated carbocycles. The molecule has 0 bridgehead atoms. The number of hydrogen-bond acceptors (Lipinski definition) is 3. The van der Waals surface area contributed by atoms with E-state index in [1.54, 1.807) is 0 Å². The summed E-state index contributed by atoms with van der Waals surface area (Å²) in [4.78, 5) is 0. The van der Waals surface area contributed by atoms with Crippen molar-refractivity contribution in [3.8, 4) is 5.75 Å². The van der Waals surface area contributed by atoms with Crippen LogP contribution in [0.3, 0.4) is 0 Å². The van der Waals surface area contributed by atoms with Gasteiger partial charge < -0.3 is 15.5 Å². The van der Waals surface area contributed by atoms with Gasteiger partial charge in [0.25, 0.3) is 0 Å². The van der Waals surface area contributed by atoms with Crippen molar-refractivity contribution < 1.29 is 19.0 Å². The van der Waals surface area contributed by atoms with E-state index in [1.807, 2.05) is 13.8 Å². The maximum Gasteiger partial charge on any atom is 0.187 e. The van der Waals surface area contributed by atoms with Gasteiger partial charge in [-0.2, -0.15) is 0 Å². The Labute approximate surface area is 99.1 Å². The minimum absolute atomic E-state index is 0.0400. The van der Waals surface area contributed by atoms with Crippen molar-refractivity contribution >= 4 is 0 Å². The highest BCUT2D eigenvalue weighted by atomic mass is 19.1. The van der Waals surface area contributed by atoms with Gasteiger partial charge >= 0.3 is 0 Å². The summed E-state index contributed by atoms with van der Waals surface area (Å²) in [5.41, 5.74) is 0.0865. The molecule has 1 rings (SSSR count). The van der Waals surface area contributed by atoms with E-state index in [-0.39, 0.29) is 18.7 Å². The van der Waals surface area contributed by atoms with Crippen molar-refractivity contribution in [3.63, 3.8) is 0 Å². The Hall–Kier alpha value is -1.20. The predicted octanol–water partition coefficient (Wildman–Crippen LogP) is 1.92. The summed E-state index contributed by atoms with van der Waals surface area (Å²) in [6, 6.07) is 2.17. The summed E-state index contributed by atoms with van der Waals surface area (Å²) < 4.78 is 26.1. The molecule has 0 spiro atoms. The molecule has 0 aliphatic heterocycles. The Kier molecular flexibility index (Phi) is 4.42. The summed E-state index contributed by atoms with van der Waals surface area (Å²) in [7, 11) is 0. The Morgan fingerprint density at radius 2 is 1.76 bits per heavy atom. The second-order valence-corrected chi connectivity index (χ2v) is 4.62. The normalized spacial score (nSPS) is 11.8. The lowest BCUT2D eigenvalue weighted by Crippen LogP contribution is -2.39. The molecule has 1 aromatic carbocycles. The number of benzene rings is 1. The van der Waals surface area contributed by atoms with Gasteiger partial charge in [-0.3, -0.25) is 0 Å². The van der Waals surface area contributed by atoms with Crippen molar-refractivity contribution in [3.05, 3.63) is 29.3 Å². The van der Waals surface area contributed by atoms with Gasteiger partial charge in [-0.05, 0) is 38.0 Å². The first kappa shape index (κ1) is 13.9. The van der Waals surface area contributed by atoms with Crippen LogP contribution in [0.5, 0.6) is 5.75 Å². The van der Waals surface area contributed by atoms with Crippen molar-refractivity contribution in [1.29, 1.82) is 0 Å². The summed E-state index contributed by atoms with van der Waals surface area (Å²) >= 11 is 0. The van der Waals surface area contributed by atoms with Crippen LogP contribution >= 0.6 is 0 Å². The molecule has 0 heterocycles. The molecule has 0 amide bonds. The third-order valence-electron chi connectivity index (χ3n) is 2.58. The lowest BCUT2D eigenvalue weighted by atomic mass is 10.0. The zero-order chi connectivity index (χ0) is 13.1. The average Bonchev–Trinajstić information content (AvgIpc) is 2.23. The lowest BCUT2D eigenvalue weighted by Gasteiger charge is -2.25. The number of aromatic hydroxyl groups is 1. The highest BCUT2D eigenvalue weighted by Gasteiger charge is 2.17. The number of phenolic OH excluding ortho intramolecular Hbond substituents is 1. The third-order valence-corrected chi connectivity index (χ3v) is 2.58. The van der Waals surface area contributed by atoms with E-state index in [0.717, 1.165) is 12.1 Å². The molecular formula is C12H17F2NO2. The molecule has 0 aliphatic carbocycles. The molecule has 0 aromatic heterocycles. The largest absolute Gasteiger partial charge is 0.503 e. The molecule has 5 heteroatoms. The number of phenols is 1. The number of aliphatic hydroxyl groups is 1. The number of nitrogens with one attached hydrogen (secondary N) is 1. The summed E-state index contributed by atoms with van der Waals surface area (Å²) in [5.74, 6) is -2.90. The van der Waals surface area contributed by atoms with Crippen LogP contribution < -0.4 is 5.32 Å². The smallest absolute Gasteiger partial charge is 0.187 e. The van der Waals surface area contributed by atoms with Crippen molar-refractivity contribution in [1.82, 2.24) is 5.32 Å². The Balaban J connectivity index is 2.70. The Morgan fingerprint density at radius 3 is 2.24 bits per heavy atom. The minimum atomic E-state index is -0.971. The summed E-state index contributed by atoms with van der Waals surface area (Å²) in [6.45, 7) is 4.08. The van der Waals surface area contributed by atoms with Gasteiger partial charge in [0.1, 0.15) is 0 Å². The first-order valence-corrected chi connectivity index (χ1v) is 5.38. The SMILES string of the molecule is CC(C)(CCO)NCc1cc(F)c(O)c(F)c1. The number of rotatable bonds is 5. The van der Waals surface area contributed by atoms with Crippen LogP contribution in [0.2, 0.25) is 0 Å². The lowest BCUT2D eigenvalue weighted by molar-refractivity contribution is 0.230. The van der Waals surface area contributed by atoms with Crippen LogP contribution in [-0.4, -0.2) is 22.4 Å². The third kappa shape index (κ3) is 3.94. The molecule has 1 aromatic rings. The van der Waals surface area contributed by atoms with Crippen LogP contribution in [0.1, 0.15) is 25.8 Å². The molecule has 0 radical (unpaired) electrons. The monoisotopic (exact) mass is 245 g/mol. The van der Waals surface area contributed by atoms with Crippen molar-refractivity contribution in [2.75, 3.05) is 6.61 Å². The van der Waals surface area contributed by atoms with Crippen LogP contribution in [-0.2, 0) is 6.54 Å². The molecule has 0 saturated heterocycles. The molecule has 0 atom stereocenters. The maximum absolute atomic E-state index is 13.1. The molecule has 3 nitrogen and oxygen atoms in total. The molecule has 3 N–H and O–H groups in total. The number of hydrogen-bond donors (Lipinski definition) is 3. The van der Waals surface area contributed by atoms with Crippen molar-refractivity contribution in [2.45, 2.75) is 32.4 Å². The van der Waals surface area contributed by atoms with Gasteiger partial charge in [0, 0.05) is 18.7 Å². The van der Waals surface area contributed by atoms with Crippen molar-refractivity contribution in [2.24, 2.45) is 0 Å². The van der Waals surface area contributed by atoms with Crippen LogP contribution in [0.25, 0.3) is 0 Å². The average molecular weight is 245 g/mol. The topological polar surface area (TPSA) is 52.5 Å². The molecule has 0 unspecified atom stereocenters. The standard InChI is InChI=1S/C12H17F2NO2/c1-12(2,3-4-16)15-7-8-5-9(13)11(17)10(14)6-8/h5-6,15-17H,3-4,7H2,1-2H3. The van der Waals surface area contributed by atoms with Crippen LogP contribution in [0.4, 0.5) is 8.78 Å². The quantitative estimate of drug-likeness (QED) is 0.743. The Bertz CT molecular complexity index is 371. The second-order valence-electron chi connectivity index (χ2n) is 4.62. The van der Waals surface area contributed by atoms with E-state index in [4.69, 9.17) is 10.2 Å². The fourth-order valence-corrected chi connectivity index (χ4v) is 1.43. The van der Waals surface area contributed by atoms with Gasteiger partial charge in [0.05, 0.1) is 0 Å². The van der Waals surface area contributed by atoms with Gasteiger partial charge in [-0.1, -0.05) is 0 Å². The zero-order valence-electron chi connectivity index (χ0n) is 9.93. The van der Waals surface area contributed by atoms with Gasteiger partial charge in [-0.15, -0.1) is 0 Å². The van der Waals surface area contributed by atoms with Gasteiger partial charge in [0.2, 0.25) is 0 Å².